The van der Waals surface area contributed by atoms with Gasteiger partial charge in [0.15, 0.2) is 0 Å². The van der Waals surface area contributed by atoms with E-state index in [2.05, 4.69) is 23.1 Å². The topological polar surface area (TPSA) is 308 Å². The summed E-state index contributed by atoms with van der Waals surface area (Å²) in [7, 11) is -15.4. The van der Waals surface area contributed by atoms with Crippen LogP contribution in [0.2, 0.25) is 0 Å². The maximum Gasteiger partial charge on any atom is 0.490 e. The second-order valence-corrected chi connectivity index (χ2v) is 16.0. The number of phosphoric acid groups is 3. The van der Waals surface area contributed by atoms with Crippen LogP contribution in [0.3, 0.4) is 0 Å². The first-order valence-corrected chi connectivity index (χ1v) is 18.3. The highest BCUT2D eigenvalue weighted by Gasteiger charge is 2.43. The zero-order chi connectivity index (χ0) is 35.8. The summed E-state index contributed by atoms with van der Waals surface area (Å²) in [4.78, 5) is 56.2. The number of aliphatic hydroxyl groups excluding tert-OH is 1. The predicted molar refractivity (Wildman–Crippen MR) is 163 cm³/mol. The number of phosphoric ester groups is 1. The molecule has 0 radical (unpaired) electrons. The SMILES string of the molecule is COc1ccc([N+](=O)[O-])c([C@@H](OCc2cn([C@H]3CC(O)[C@@H](COP(=O)(O)OP(=O)(O)OP(=O)(O)O)O3)c3ncnc(N)c23)C(C)(C)C)c1. The van der Waals surface area contributed by atoms with Gasteiger partial charge in [-0.05, 0) is 17.5 Å². The average molecular weight is 741 g/mol. The number of benzene rings is 1. The third-order valence-electron chi connectivity index (χ3n) is 6.96. The fourth-order valence-corrected chi connectivity index (χ4v) is 8.07. The molecule has 6 atom stereocenters. The maximum absolute atomic E-state index is 12.2. The van der Waals surface area contributed by atoms with Crippen molar-refractivity contribution in [2.45, 2.75) is 58.3 Å². The van der Waals surface area contributed by atoms with Gasteiger partial charge in [-0.1, -0.05) is 20.8 Å². The molecular weight excluding hydrogens is 707 g/mol. The molecule has 24 heteroatoms. The van der Waals surface area contributed by atoms with Crippen LogP contribution in [-0.2, 0) is 42.9 Å². The summed E-state index contributed by atoms with van der Waals surface area (Å²) in [5.74, 6) is 0.460. The fraction of sp³-hybridized carbons (Fsp3) is 0.500. The zero-order valence-electron chi connectivity index (χ0n) is 25.8. The van der Waals surface area contributed by atoms with Crippen molar-refractivity contribution in [3.8, 4) is 5.75 Å². The Morgan fingerprint density at radius 2 is 1.83 bits per heavy atom. The van der Waals surface area contributed by atoms with E-state index in [1.807, 2.05) is 20.8 Å². The first kappa shape index (κ1) is 37.9. The molecule has 1 aromatic carbocycles. The van der Waals surface area contributed by atoms with Gasteiger partial charge in [0, 0.05) is 24.2 Å². The van der Waals surface area contributed by atoms with Gasteiger partial charge in [0.1, 0.15) is 35.9 Å². The minimum absolute atomic E-state index is 0.0692. The Hall–Kier alpha value is -2.87. The normalized spacial score (nSPS) is 21.9. The molecule has 2 aromatic heterocycles. The van der Waals surface area contributed by atoms with E-state index in [-0.39, 0.29) is 35.7 Å². The molecule has 1 aliphatic heterocycles. The molecular formula is C24H34N5O16P3. The Morgan fingerprint density at radius 3 is 2.44 bits per heavy atom. The standard InChI is InChI=1S/C24H34N5O16P3/c1-24(2,3)21(15-7-14(40-4)5-6-16(15)29(31)32)41-10-13-9-28(23-20(13)22(25)26-12-27-23)19-8-17(30)18(43-19)11-42-47(36,37)45-48(38,39)44-46(33,34)35/h5-7,9,12,17-19,21,30H,8,10-11H2,1-4H3,(H,36,37)(H,38,39)(H2,25,26,27)(H2,33,34,35)/t17?,18-,19-,21-/m1/s1. The number of ether oxygens (including phenoxy) is 3. The Bertz CT molecular complexity index is 1810. The number of nitrogens with two attached hydrogens (primary N) is 1. The first-order valence-electron chi connectivity index (χ1n) is 13.8. The van der Waals surface area contributed by atoms with E-state index in [1.54, 1.807) is 6.20 Å². The summed E-state index contributed by atoms with van der Waals surface area (Å²) in [5, 5.41) is 22.9. The van der Waals surface area contributed by atoms with E-state index in [1.165, 1.54) is 36.2 Å². The third-order valence-corrected chi connectivity index (χ3v) is 10.8. The lowest BCUT2D eigenvalue weighted by Crippen LogP contribution is -2.26. The van der Waals surface area contributed by atoms with Crippen LogP contribution in [0.5, 0.6) is 5.75 Å². The smallest absolute Gasteiger partial charge is 0.490 e. The summed E-state index contributed by atoms with van der Waals surface area (Å²) in [5.41, 5.74) is 6.37. The molecule has 266 valence electrons. The lowest BCUT2D eigenvalue weighted by molar-refractivity contribution is -0.386. The largest absolute Gasteiger partial charge is 0.497 e. The van der Waals surface area contributed by atoms with Gasteiger partial charge in [-0.2, -0.15) is 8.62 Å². The summed E-state index contributed by atoms with van der Waals surface area (Å²) in [6.07, 6.45) is -1.78. The number of rotatable bonds is 14. The number of fused-ring (bicyclic) bond motifs is 1. The van der Waals surface area contributed by atoms with Crippen LogP contribution in [-0.4, -0.2) is 70.1 Å². The summed E-state index contributed by atoms with van der Waals surface area (Å²) in [6, 6.07) is 4.34. The predicted octanol–water partition coefficient (Wildman–Crippen LogP) is 3.23. The molecule has 0 amide bonds. The van der Waals surface area contributed by atoms with E-state index >= 15 is 0 Å². The number of aromatic nitrogens is 3. The molecule has 1 aliphatic rings. The Kier molecular flexibility index (Phi) is 11.2. The Labute approximate surface area is 272 Å². The summed E-state index contributed by atoms with van der Waals surface area (Å²) >= 11 is 0. The van der Waals surface area contributed by atoms with Crippen LogP contribution in [0, 0.1) is 15.5 Å². The van der Waals surface area contributed by atoms with Crippen LogP contribution in [0.25, 0.3) is 11.0 Å². The summed E-state index contributed by atoms with van der Waals surface area (Å²) < 4.78 is 65.5. The molecule has 1 fully saturated rings. The lowest BCUT2D eigenvalue weighted by atomic mass is 9.83. The zero-order valence-corrected chi connectivity index (χ0v) is 28.4. The minimum atomic E-state index is -5.74. The molecule has 4 rings (SSSR count). The van der Waals surface area contributed by atoms with Crippen molar-refractivity contribution < 1.29 is 70.7 Å². The monoisotopic (exact) mass is 741 g/mol. The fourth-order valence-electron chi connectivity index (χ4n) is 5.04. The second-order valence-electron chi connectivity index (χ2n) is 11.6. The minimum Gasteiger partial charge on any atom is -0.497 e. The molecule has 3 aromatic rings. The molecule has 0 bridgehead atoms. The molecule has 1 saturated heterocycles. The van der Waals surface area contributed by atoms with Crippen LogP contribution >= 0.6 is 23.5 Å². The van der Waals surface area contributed by atoms with E-state index < -0.39 is 65.0 Å². The van der Waals surface area contributed by atoms with Crippen LogP contribution in [0.4, 0.5) is 11.5 Å². The number of nitrogens with zero attached hydrogens (tertiary/aromatic N) is 4. The lowest BCUT2D eigenvalue weighted by Gasteiger charge is -2.31. The number of aliphatic hydroxyl groups is 1. The molecule has 0 aliphatic carbocycles. The van der Waals surface area contributed by atoms with E-state index in [0.29, 0.717) is 16.7 Å². The van der Waals surface area contributed by atoms with Crippen LogP contribution in [0.15, 0.2) is 30.7 Å². The van der Waals surface area contributed by atoms with Crippen molar-refractivity contribution in [1.29, 1.82) is 0 Å². The second kappa shape index (κ2) is 14.2. The highest BCUT2D eigenvalue weighted by molar-refractivity contribution is 7.66. The molecule has 21 nitrogen and oxygen atoms in total. The van der Waals surface area contributed by atoms with Gasteiger partial charge in [-0.3, -0.25) is 14.6 Å². The Balaban J connectivity index is 1.57. The number of anilines is 1. The van der Waals surface area contributed by atoms with Crippen molar-refractivity contribution in [1.82, 2.24) is 14.5 Å². The molecule has 0 saturated carbocycles. The highest BCUT2D eigenvalue weighted by Crippen LogP contribution is 2.66. The van der Waals surface area contributed by atoms with E-state index in [4.69, 9.17) is 29.7 Å². The molecule has 3 unspecified atom stereocenters. The van der Waals surface area contributed by atoms with Gasteiger partial charge in [0.05, 0.1) is 48.4 Å². The van der Waals surface area contributed by atoms with Gasteiger partial charge in [0.2, 0.25) is 0 Å². The summed E-state index contributed by atoms with van der Waals surface area (Å²) in [6.45, 7) is 4.52. The highest BCUT2D eigenvalue weighted by atomic mass is 31.3. The van der Waals surface area contributed by atoms with E-state index in [0.717, 1.165) is 0 Å². The number of nitro benzene ring substituents is 1. The number of methoxy groups -OCH3 is 1. The number of nitrogen functional groups attached to an aromatic ring is 1. The van der Waals surface area contributed by atoms with Crippen molar-refractivity contribution in [2.75, 3.05) is 19.5 Å². The quantitative estimate of drug-likeness (QED) is 0.0784. The maximum atomic E-state index is 12.2. The van der Waals surface area contributed by atoms with E-state index in [9.17, 15) is 38.7 Å². The number of hydrogen-bond donors (Lipinski definition) is 6. The number of hydrogen-bond acceptors (Lipinski definition) is 15. The van der Waals surface area contributed by atoms with Crippen molar-refractivity contribution in [2.24, 2.45) is 5.41 Å². The van der Waals surface area contributed by atoms with Crippen molar-refractivity contribution >= 4 is 46.0 Å². The third kappa shape index (κ3) is 9.22. The van der Waals surface area contributed by atoms with Gasteiger partial charge >= 0.3 is 23.5 Å². The van der Waals surface area contributed by atoms with Gasteiger partial charge in [-0.15, -0.1) is 0 Å². The molecule has 0 spiro atoms. The molecule has 3 heterocycles. The van der Waals surface area contributed by atoms with Gasteiger partial charge < -0.3 is 49.2 Å². The Morgan fingerprint density at radius 1 is 1.15 bits per heavy atom. The molecule has 7 N–H and O–H groups in total. The van der Waals surface area contributed by atoms with Crippen LogP contribution < -0.4 is 10.5 Å². The van der Waals surface area contributed by atoms with Gasteiger partial charge in [0.25, 0.3) is 5.69 Å². The van der Waals surface area contributed by atoms with Crippen LogP contribution in [0.1, 0.15) is 50.7 Å². The first-order chi connectivity index (χ1) is 22.1. The molecule has 48 heavy (non-hydrogen) atoms. The number of nitro groups is 1. The average Bonchev–Trinajstić information content (AvgIpc) is 3.49. The van der Waals surface area contributed by atoms with Crippen molar-refractivity contribution in [3.05, 3.63) is 52.0 Å². The van der Waals surface area contributed by atoms with Crippen molar-refractivity contribution in [3.63, 3.8) is 0 Å². The van der Waals surface area contributed by atoms with Gasteiger partial charge in [-0.25, -0.2) is 23.7 Å².